The summed E-state index contributed by atoms with van der Waals surface area (Å²) >= 11 is 5.20. The van der Waals surface area contributed by atoms with Gasteiger partial charge in [0, 0.05) is 23.1 Å². The highest BCUT2D eigenvalue weighted by atomic mass is 32.1. The van der Waals surface area contributed by atoms with Gasteiger partial charge in [0.05, 0.1) is 5.56 Å². The van der Waals surface area contributed by atoms with E-state index in [0.29, 0.717) is 16.9 Å². The summed E-state index contributed by atoms with van der Waals surface area (Å²) in [5, 5.41) is 3.69. The molecule has 1 aromatic rings. The predicted molar refractivity (Wildman–Crippen MR) is 89.2 cm³/mol. The molecule has 1 heterocycles. The molecule has 0 aromatic carbocycles. The minimum absolute atomic E-state index is 0.425. The van der Waals surface area contributed by atoms with Gasteiger partial charge in [0.25, 0.3) is 0 Å². The Morgan fingerprint density at radius 2 is 2.05 bits per heavy atom. The Bertz CT molecular complexity index is 513. The van der Waals surface area contributed by atoms with Crippen molar-refractivity contribution in [3.63, 3.8) is 0 Å². The molecule has 1 saturated carbocycles. The maximum Gasteiger partial charge on any atom is 0.107 e. The van der Waals surface area contributed by atoms with Crippen molar-refractivity contribution in [2.75, 3.05) is 5.32 Å². The highest BCUT2D eigenvalue weighted by molar-refractivity contribution is 7.80. The summed E-state index contributed by atoms with van der Waals surface area (Å²) in [7, 11) is 0. The summed E-state index contributed by atoms with van der Waals surface area (Å²) in [6.07, 6.45) is 3.83. The largest absolute Gasteiger partial charge is 0.389 e. The van der Waals surface area contributed by atoms with E-state index in [2.05, 4.69) is 30.2 Å². The first kappa shape index (κ1) is 15.2. The van der Waals surface area contributed by atoms with Crippen molar-refractivity contribution in [2.45, 2.75) is 53.0 Å². The lowest BCUT2D eigenvalue weighted by Gasteiger charge is -2.35. The Kier molecular flexibility index (Phi) is 4.63. The van der Waals surface area contributed by atoms with E-state index in [1.54, 1.807) is 0 Å². The number of hydrogen-bond donors (Lipinski definition) is 2. The first-order valence-electron chi connectivity index (χ1n) is 7.44. The number of pyridine rings is 1. The van der Waals surface area contributed by atoms with Crippen LogP contribution in [0.15, 0.2) is 6.07 Å². The Balaban J connectivity index is 2.30. The Morgan fingerprint density at radius 3 is 2.70 bits per heavy atom. The number of aryl methyl sites for hydroxylation is 2. The first-order valence-corrected chi connectivity index (χ1v) is 7.85. The van der Waals surface area contributed by atoms with E-state index in [-0.39, 0.29) is 0 Å². The third-order valence-corrected chi connectivity index (χ3v) is 4.83. The summed E-state index contributed by atoms with van der Waals surface area (Å²) < 4.78 is 0. The molecule has 0 radical (unpaired) electrons. The second-order valence-electron chi connectivity index (χ2n) is 6.15. The summed E-state index contributed by atoms with van der Waals surface area (Å²) in [6.45, 7) is 8.66. The lowest BCUT2D eigenvalue weighted by molar-refractivity contribution is 0.253. The molecule has 3 unspecified atom stereocenters. The molecule has 1 fully saturated rings. The number of nitrogens with two attached hydrogens (primary N) is 1. The molecular weight excluding hydrogens is 266 g/mol. The molecular formula is C16H25N3S. The second-order valence-corrected chi connectivity index (χ2v) is 6.59. The van der Waals surface area contributed by atoms with Gasteiger partial charge in [-0.1, -0.05) is 38.9 Å². The summed E-state index contributed by atoms with van der Waals surface area (Å²) in [4.78, 5) is 4.90. The van der Waals surface area contributed by atoms with Gasteiger partial charge in [-0.15, -0.1) is 0 Å². The molecule has 0 bridgehead atoms. The highest BCUT2D eigenvalue weighted by Crippen LogP contribution is 2.32. The van der Waals surface area contributed by atoms with Crippen molar-refractivity contribution < 1.29 is 0 Å². The zero-order valence-corrected chi connectivity index (χ0v) is 13.7. The van der Waals surface area contributed by atoms with E-state index in [1.165, 1.54) is 19.3 Å². The highest BCUT2D eigenvalue weighted by Gasteiger charge is 2.27. The van der Waals surface area contributed by atoms with Crippen molar-refractivity contribution in [1.29, 1.82) is 0 Å². The number of aromatic nitrogens is 1. The van der Waals surface area contributed by atoms with Crippen LogP contribution in [0.2, 0.25) is 0 Å². The molecule has 0 amide bonds. The Labute approximate surface area is 127 Å². The van der Waals surface area contributed by atoms with E-state index < -0.39 is 0 Å². The van der Waals surface area contributed by atoms with E-state index in [4.69, 9.17) is 18.0 Å². The molecule has 3 nitrogen and oxygen atoms in total. The second kappa shape index (κ2) is 6.08. The molecule has 20 heavy (non-hydrogen) atoms. The van der Waals surface area contributed by atoms with Crippen molar-refractivity contribution in [2.24, 2.45) is 17.6 Å². The van der Waals surface area contributed by atoms with Crippen molar-refractivity contribution >= 4 is 22.9 Å². The Hall–Kier alpha value is -1.16. The van der Waals surface area contributed by atoms with Crippen LogP contribution in [-0.4, -0.2) is 16.0 Å². The van der Waals surface area contributed by atoms with E-state index in [1.807, 2.05) is 13.8 Å². The van der Waals surface area contributed by atoms with Gasteiger partial charge in [-0.05, 0) is 38.2 Å². The van der Waals surface area contributed by atoms with Gasteiger partial charge in [0.1, 0.15) is 4.99 Å². The van der Waals surface area contributed by atoms with Crippen molar-refractivity contribution in [3.05, 3.63) is 23.0 Å². The quantitative estimate of drug-likeness (QED) is 0.836. The topological polar surface area (TPSA) is 50.9 Å². The number of thiocarbonyl (C=S) groups is 1. The maximum atomic E-state index is 5.88. The Morgan fingerprint density at radius 1 is 1.35 bits per heavy atom. The molecule has 0 aliphatic heterocycles. The number of rotatable bonds is 3. The van der Waals surface area contributed by atoms with Crippen LogP contribution >= 0.6 is 12.2 Å². The summed E-state index contributed by atoms with van der Waals surface area (Å²) in [5.41, 5.74) is 9.75. The number of anilines is 1. The molecule has 3 atom stereocenters. The first-order chi connectivity index (χ1) is 9.40. The van der Waals surface area contributed by atoms with Crippen LogP contribution in [0.3, 0.4) is 0 Å². The zero-order valence-electron chi connectivity index (χ0n) is 12.9. The third-order valence-electron chi connectivity index (χ3n) is 4.62. The number of nitrogens with one attached hydrogen (secondary N) is 1. The van der Waals surface area contributed by atoms with Gasteiger partial charge in [-0.3, -0.25) is 4.98 Å². The fraction of sp³-hybridized carbons (Fsp3) is 0.625. The van der Waals surface area contributed by atoms with E-state index >= 15 is 0 Å². The lowest BCUT2D eigenvalue weighted by atomic mass is 9.78. The van der Waals surface area contributed by atoms with Gasteiger partial charge < -0.3 is 11.1 Å². The number of nitrogens with zero attached hydrogens (tertiary/aromatic N) is 1. The van der Waals surface area contributed by atoms with E-state index in [9.17, 15) is 0 Å². The van der Waals surface area contributed by atoms with Gasteiger partial charge in [0.15, 0.2) is 0 Å². The third kappa shape index (κ3) is 3.11. The van der Waals surface area contributed by atoms with Crippen LogP contribution in [0.5, 0.6) is 0 Å². The SMILES string of the molecule is Cc1cc(NC2CCCC(C)C2C)c(C(N)=S)c(C)n1. The lowest BCUT2D eigenvalue weighted by Crippen LogP contribution is -2.35. The normalized spacial score (nSPS) is 26.3. The summed E-state index contributed by atoms with van der Waals surface area (Å²) in [5.74, 6) is 1.43. The van der Waals surface area contributed by atoms with Crippen molar-refractivity contribution in [1.82, 2.24) is 4.98 Å². The molecule has 1 aromatic heterocycles. The molecule has 1 aliphatic rings. The molecule has 0 saturated heterocycles. The maximum absolute atomic E-state index is 5.88. The fourth-order valence-electron chi connectivity index (χ4n) is 3.24. The molecule has 3 N–H and O–H groups in total. The van der Waals surface area contributed by atoms with Gasteiger partial charge in [0.2, 0.25) is 0 Å². The van der Waals surface area contributed by atoms with Gasteiger partial charge in [-0.2, -0.15) is 0 Å². The summed E-state index contributed by atoms with van der Waals surface area (Å²) in [6, 6.07) is 2.56. The van der Waals surface area contributed by atoms with Gasteiger partial charge in [-0.25, -0.2) is 0 Å². The molecule has 1 aliphatic carbocycles. The van der Waals surface area contributed by atoms with Crippen LogP contribution in [0.4, 0.5) is 5.69 Å². The fourth-order valence-corrected chi connectivity index (χ4v) is 3.50. The van der Waals surface area contributed by atoms with E-state index in [0.717, 1.165) is 28.6 Å². The van der Waals surface area contributed by atoms with Crippen LogP contribution in [-0.2, 0) is 0 Å². The van der Waals surface area contributed by atoms with Crippen molar-refractivity contribution in [3.8, 4) is 0 Å². The standard InChI is InChI=1S/C16H25N3S/c1-9-6-5-7-13(11(9)3)19-14-8-10(2)18-12(4)15(14)16(17)20/h8-9,11,13H,5-7H2,1-4H3,(H2,17,20)(H,18,19). The van der Waals surface area contributed by atoms with Gasteiger partial charge >= 0.3 is 0 Å². The monoisotopic (exact) mass is 291 g/mol. The smallest absolute Gasteiger partial charge is 0.107 e. The molecule has 4 heteroatoms. The minimum atomic E-state index is 0.425. The van der Waals surface area contributed by atoms with Crippen LogP contribution in [0.1, 0.15) is 50.1 Å². The van der Waals surface area contributed by atoms with Crippen LogP contribution in [0.25, 0.3) is 0 Å². The molecule has 0 spiro atoms. The van der Waals surface area contributed by atoms with Crippen LogP contribution in [0, 0.1) is 25.7 Å². The predicted octanol–water partition coefficient (Wildman–Crippen LogP) is 3.57. The average Bonchev–Trinajstić information content (AvgIpc) is 2.33. The number of hydrogen-bond acceptors (Lipinski definition) is 3. The van der Waals surface area contributed by atoms with Crippen LogP contribution < -0.4 is 11.1 Å². The minimum Gasteiger partial charge on any atom is -0.389 e. The molecule has 2 rings (SSSR count). The average molecular weight is 291 g/mol. The zero-order chi connectivity index (χ0) is 14.9. The molecule has 110 valence electrons.